The first-order valence-corrected chi connectivity index (χ1v) is 6.45. The van der Waals surface area contributed by atoms with Crippen LogP contribution in [0, 0.1) is 0 Å². The maximum absolute atomic E-state index is 11.2. The van der Waals surface area contributed by atoms with Gasteiger partial charge >= 0.3 is 5.97 Å². The quantitative estimate of drug-likeness (QED) is 0.769. The fraction of sp³-hybridized carbons (Fsp3) is 0.533. The highest BCUT2D eigenvalue weighted by atomic mass is 16.6. The highest BCUT2D eigenvalue weighted by Gasteiger charge is 2.29. The van der Waals surface area contributed by atoms with E-state index >= 15 is 0 Å². The highest BCUT2D eigenvalue weighted by Crippen LogP contribution is 2.39. The number of hydrogen-bond acceptors (Lipinski definition) is 3. The van der Waals surface area contributed by atoms with Gasteiger partial charge in [0.25, 0.3) is 0 Å². The molecular weight excluding hydrogens is 228 g/mol. The molecule has 0 radical (unpaired) electrons. The number of rotatable bonds is 4. The summed E-state index contributed by atoms with van der Waals surface area (Å²) in [4.78, 5) is 11.2. The Morgan fingerprint density at radius 1 is 1.39 bits per heavy atom. The van der Waals surface area contributed by atoms with Crippen LogP contribution >= 0.6 is 0 Å². The molecule has 0 saturated carbocycles. The Balaban J connectivity index is 2.03. The van der Waals surface area contributed by atoms with Crippen molar-refractivity contribution < 1.29 is 14.3 Å². The van der Waals surface area contributed by atoms with Crippen LogP contribution < -0.4 is 4.74 Å². The molecule has 0 saturated heterocycles. The number of hydrogen-bond donors (Lipinski definition) is 0. The molecule has 98 valence electrons. The van der Waals surface area contributed by atoms with Crippen LogP contribution in [0.5, 0.6) is 5.75 Å². The minimum Gasteiger partial charge on any atom is -0.482 e. The Morgan fingerprint density at radius 3 is 2.89 bits per heavy atom. The lowest BCUT2D eigenvalue weighted by atomic mass is 9.87. The first kappa shape index (κ1) is 12.9. The molecule has 2 rings (SSSR count). The van der Waals surface area contributed by atoms with E-state index in [-0.39, 0.29) is 18.0 Å². The number of fused-ring (bicyclic) bond motifs is 1. The van der Waals surface area contributed by atoms with Crippen molar-refractivity contribution in [2.75, 3.05) is 13.2 Å². The average molecular weight is 248 g/mol. The van der Waals surface area contributed by atoms with Crippen LogP contribution in [0.15, 0.2) is 18.2 Å². The van der Waals surface area contributed by atoms with E-state index in [4.69, 9.17) is 9.47 Å². The van der Waals surface area contributed by atoms with Gasteiger partial charge < -0.3 is 9.47 Å². The molecule has 0 bridgehead atoms. The van der Waals surface area contributed by atoms with Crippen LogP contribution in [0.3, 0.4) is 0 Å². The van der Waals surface area contributed by atoms with E-state index in [9.17, 15) is 4.79 Å². The number of benzene rings is 1. The van der Waals surface area contributed by atoms with Crippen molar-refractivity contribution in [3.63, 3.8) is 0 Å². The van der Waals surface area contributed by atoms with Gasteiger partial charge in [-0.25, -0.2) is 4.79 Å². The van der Waals surface area contributed by atoms with Crippen molar-refractivity contribution in [2.45, 2.75) is 39.0 Å². The zero-order valence-corrected chi connectivity index (χ0v) is 11.3. The van der Waals surface area contributed by atoms with Crippen molar-refractivity contribution >= 4 is 5.97 Å². The average Bonchev–Trinajstić information content (AvgIpc) is 2.63. The summed E-state index contributed by atoms with van der Waals surface area (Å²) in [5, 5.41) is 0. The predicted molar refractivity (Wildman–Crippen MR) is 69.9 cm³/mol. The second-order valence-electron chi connectivity index (χ2n) is 5.30. The zero-order chi connectivity index (χ0) is 13.2. The van der Waals surface area contributed by atoms with Gasteiger partial charge in [0.05, 0.1) is 6.61 Å². The summed E-state index contributed by atoms with van der Waals surface area (Å²) in [6.45, 7) is 6.68. The number of aryl methyl sites for hydroxylation is 1. The Bertz CT molecular complexity index is 449. The summed E-state index contributed by atoms with van der Waals surface area (Å²) in [6.07, 6.45) is 2.25. The first-order valence-electron chi connectivity index (χ1n) is 6.45. The SMILES string of the molecule is CCOC(=O)COc1ccc2c(c1)CCC2(C)C. The molecule has 0 unspecified atom stereocenters. The van der Waals surface area contributed by atoms with Crippen LogP contribution in [0.2, 0.25) is 0 Å². The van der Waals surface area contributed by atoms with E-state index < -0.39 is 0 Å². The van der Waals surface area contributed by atoms with Gasteiger partial charge in [-0.1, -0.05) is 19.9 Å². The molecule has 0 amide bonds. The summed E-state index contributed by atoms with van der Waals surface area (Å²) in [5.74, 6) is 0.429. The van der Waals surface area contributed by atoms with Gasteiger partial charge in [-0.3, -0.25) is 0 Å². The maximum atomic E-state index is 11.2. The van der Waals surface area contributed by atoms with Crippen molar-refractivity contribution in [1.29, 1.82) is 0 Å². The second kappa shape index (κ2) is 5.01. The number of carbonyl (C=O) groups excluding carboxylic acids is 1. The smallest absolute Gasteiger partial charge is 0.344 e. The lowest BCUT2D eigenvalue weighted by Gasteiger charge is -2.18. The Kier molecular flexibility index (Phi) is 3.60. The van der Waals surface area contributed by atoms with E-state index in [1.807, 2.05) is 12.1 Å². The molecule has 0 fully saturated rings. The third kappa shape index (κ3) is 2.66. The largest absolute Gasteiger partial charge is 0.482 e. The molecule has 0 atom stereocenters. The molecule has 3 nitrogen and oxygen atoms in total. The summed E-state index contributed by atoms with van der Waals surface area (Å²) in [7, 11) is 0. The maximum Gasteiger partial charge on any atom is 0.344 e. The lowest BCUT2D eigenvalue weighted by molar-refractivity contribution is -0.145. The summed E-state index contributed by atoms with van der Waals surface area (Å²) < 4.78 is 10.3. The Hall–Kier alpha value is -1.51. The normalized spacial score (nSPS) is 16.2. The topological polar surface area (TPSA) is 35.5 Å². The van der Waals surface area contributed by atoms with Gasteiger partial charge in [0.1, 0.15) is 5.75 Å². The molecule has 0 heterocycles. The fourth-order valence-electron chi connectivity index (χ4n) is 2.45. The van der Waals surface area contributed by atoms with Gasteiger partial charge in [-0.05, 0) is 48.4 Å². The standard InChI is InChI=1S/C15H20O3/c1-4-17-14(16)10-18-12-5-6-13-11(9-12)7-8-15(13,2)3/h5-6,9H,4,7-8,10H2,1-3H3. The molecule has 3 heteroatoms. The van der Waals surface area contributed by atoms with E-state index in [2.05, 4.69) is 19.9 Å². The third-order valence-electron chi connectivity index (χ3n) is 3.49. The van der Waals surface area contributed by atoms with Crippen LogP contribution in [-0.4, -0.2) is 19.2 Å². The molecule has 0 spiro atoms. The van der Waals surface area contributed by atoms with Crippen LogP contribution in [0.25, 0.3) is 0 Å². The number of carbonyl (C=O) groups is 1. The van der Waals surface area contributed by atoms with Gasteiger partial charge in [-0.15, -0.1) is 0 Å². The number of ether oxygens (including phenoxy) is 2. The Labute approximate surface area is 108 Å². The van der Waals surface area contributed by atoms with Crippen LogP contribution in [0.1, 0.15) is 38.3 Å². The molecule has 18 heavy (non-hydrogen) atoms. The summed E-state index contributed by atoms with van der Waals surface area (Å²) in [5.41, 5.74) is 2.99. The van der Waals surface area contributed by atoms with E-state index in [1.54, 1.807) is 6.92 Å². The molecule has 0 N–H and O–H groups in total. The van der Waals surface area contributed by atoms with Crippen LogP contribution in [-0.2, 0) is 21.4 Å². The fourth-order valence-corrected chi connectivity index (χ4v) is 2.45. The highest BCUT2D eigenvalue weighted by molar-refractivity contribution is 5.71. The second-order valence-corrected chi connectivity index (χ2v) is 5.30. The molecular formula is C15H20O3. The van der Waals surface area contributed by atoms with E-state index in [1.165, 1.54) is 17.5 Å². The lowest BCUT2D eigenvalue weighted by Crippen LogP contribution is -2.15. The van der Waals surface area contributed by atoms with Crippen molar-refractivity contribution in [2.24, 2.45) is 0 Å². The molecule has 1 aromatic carbocycles. The van der Waals surface area contributed by atoms with E-state index in [0.29, 0.717) is 6.61 Å². The zero-order valence-electron chi connectivity index (χ0n) is 11.3. The minimum absolute atomic E-state index is 0.0178. The van der Waals surface area contributed by atoms with Crippen molar-refractivity contribution in [1.82, 2.24) is 0 Å². The van der Waals surface area contributed by atoms with Gasteiger partial charge in [0.2, 0.25) is 0 Å². The Morgan fingerprint density at radius 2 is 2.17 bits per heavy atom. The van der Waals surface area contributed by atoms with Gasteiger partial charge in [0.15, 0.2) is 6.61 Å². The monoisotopic (exact) mass is 248 g/mol. The van der Waals surface area contributed by atoms with Crippen molar-refractivity contribution in [3.8, 4) is 5.75 Å². The van der Waals surface area contributed by atoms with Gasteiger partial charge in [0, 0.05) is 0 Å². The van der Waals surface area contributed by atoms with Crippen LogP contribution in [0.4, 0.5) is 0 Å². The third-order valence-corrected chi connectivity index (χ3v) is 3.49. The predicted octanol–water partition coefficient (Wildman–Crippen LogP) is 2.85. The minimum atomic E-state index is -0.321. The van der Waals surface area contributed by atoms with Gasteiger partial charge in [-0.2, -0.15) is 0 Å². The molecule has 1 aliphatic rings. The molecule has 1 aromatic rings. The molecule has 0 aliphatic heterocycles. The number of esters is 1. The van der Waals surface area contributed by atoms with Crippen molar-refractivity contribution in [3.05, 3.63) is 29.3 Å². The summed E-state index contributed by atoms with van der Waals surface area (Å²) in [6, 6.07) is 6.09. The van der Waals surface area contributed by atoms with E-state index in [0.717, 1.165) is 12.2 Å². The first-order chi connectivity index (χ1) is 8.53. The molecule has 0 aromatic heterocycles. The summed E-state index contributed by atoms with van der Waals surface area (Å²) >= 11 is 0. The molecule has 1 aliphatic carbocycles.